The number of nitrogens with zero attached hydrogens (tertiary/aromatic N) is 3. The smallest absolute Gasteiger partial charge is 0.269 e. The van der Waals surface area contributed by atoms with Crippen LogP contribution in [-0.2, 0) is 21.1 Å². The highest BCUT2D eigenvalue weighted by Gasteiger charge is 2.23. The number of carbonyl (C=O) groups excluding carboxylic acids is 2. The van der Waals surface area contributed by atoms with E-state index in [1.54, 1.807) is 18.2 Å². The summed E-state index contributed by atoms with van der Waals surface area (Å²) in [4.78, 5) is 26.4. The molecule has 0 bridgehead atoms. The molecule has 10 heteroatoms. The van der Waals surface area contributed by atoms with Gasteiger partial charge in [-0.3, -0.25) is 9.59 Å². The van der Waals surface area contributed by atoms with Crippen LogP contribution in [0.25, 0.3) is 0 Å². The summed E-state index contributed by atoms with van der Waals surface area (Å²) in [5, 5.41) is 12.1. The largest absolute Gasteiger partial charge is 0.352 e. The molecule has 2 aromatic heterocycles. The highest BCUT2D eigenvalue weighted by molar-refractivity contribution is 7.91. The average Bonchev–Trinajstić information content (AvgIpc) is 3.27. The van der Waals surface area contributed by atoms with Crippen molar-refractivity contribution in [2.45, 2.75) is 16.3 Å². The third-order valence-corrected chi connectivity index (χ3v) is 4.93. The first kappa shape index (κ1) is 15.7. The second kappa shape index (κ2) is 6.16. The van der Waals surface area contributed by atoms with Gasteiger partial charge in [0.25, 0.3) is 5.78 Å². The fourth-order valence-electron chi connectivity index (χ4n) is 2.05. The van der Waals surface area contributed by atoms with Crippen molar-refractivity contribution in [2.24, 2.45) is 0 Å². The number of hydrogen-bond acceptors (Lipinski definition) is 7. The summed E-state index contributed by atoms with van der Waals surface area (Å²) in [5.74, 6) is -1.98. The zero-order chi connectivity index (χ0) is 17.2. The molecule has 2 heterocycles. The molecule has 122 valence electrons. The van der Waals surface area contributed by atoms with Crippen LogP contribution in [0.1, 0.15) is 16.2 Å². The number of carbonyl (C=O) groups is 2. The summed E-state index contributed by atoms with van der Waals surface area (Å²) in [6.45, 7) is 0. The van der Waals surface area contributed by atoms with Gasteiger partial charge in [-0.1, -0.05) is 18.2 Å². The molecule has 0 fully saturated rings. The zero-order valence-electron chi connectivity index (χ0n) is 12.1. The summed E-state index contributed by atoms with van der Waals surface area (Å²) in [6, 6.07) is 9.21. The van der Waals surface area contributed by atoms with Gasteiger partial charge in [0.1, 0.15) is 5.03 Å². The molecular formula is C14H11N5O4S. The van der Waals surface area contributed by atoms with Crippen molar-refractivity contribution in [2.75, 3.05) is 0 Å². The van der Waals surface area contributed by atoms with E-state index < -0.39 is 21.4 Å². The van der Waals surface area contributed by atoms with E-state index in [1.165, 1.54) is 24.4 Å². The van der Waals surface area contributed by atoms with Crippen LogP contribution in [0.5, 0.6) is 0 Å². The van der Waals surface area contributed by atoms with Gasteiger partial charge < -0.3 is 4.98 Å². The topological polar surface area (TPSA) is 139 Å². The van der Waals surface area contributed by atoms with Gasteiger partial charge in [0.05, 0.1) is 4.90 Å². The van der Waals surface area contributed by atoms with Crippen LogP contribution in [-0.4, -0.2) is 45.6 Å². The van der Waals surface area contributed by atoms with E-state index in [9.17, 15) is 18.0 Å². The van der Waals surface area contributed by atoms with E-state index >= 15 is 0 Å². The lowest BCUT2D eigenvalue weighted by Crippen LogP contribution is -2.18. The highest BCUT2D eigenvalue weighted by Crippen LogP contribution is 2.20. The fraction of sp³-hybridized carbons (Fsp3) is 0.0714. The Hall–Kier alpha value is -3.14. The van der Waals surface area contributed by atoms with Crippen molar-refractivity contribution in [3.63, 3.8) is 0 Å². The van der Waals surface area contributed by atoms with Gasteiger partial charge in [0.15, 0.2) is 0 Å². The Balaban J connectivity index is 1.79. The lowest BCUT2D eigenvalue weighted by atomic mass is 10.1. The molecule has 0 atom stereocenters. The van der Waals surface area contributed by atoms with E-state index in [1.807, 2.05) is 0 Å². The minimum absolute atomic E-state index is 0.0523. The standard InChI is InChI=1S/C14H11N5O4S/c20-11(13(21)14-16-18-19-17-14)6-9-7-12(15-8-9)24(22,23)10-4-2-1-3-5-10/h1-5,7-8,15H,6H2,(H,16,17,18,19). The van der Waals surface area contributed by atoms with Crippen LogP contribution in [0.3, 0.4) is 0 Å². The van der Waals surface area contributed by atoms with E-state index in [2.05, 4.69) is 25.6 Å². The number of nitrogens with one attached hydrogen (secondary N) is 2. The van der Waals surface area contributed by atoms with Crippen LogP contribution in [0.2, 0.25) is 0 Å². The van der Waals surface area contributed by atoms with Gasteiger partial charge in [0, 0.05) is 12.6 Å². The number of H-pyrrole nitrogens is 2. The minimum atomic E-state index is -3.71. The van der Waals surface area contributed by atoms with Crippen LogP contribution < -0.4 is 0 Å². The third kappa shape index (κ3) is 2.99. The highest BCUT2D eigenvalue weighted by atomic mass is 32.2. The molecule has 2 N–H and O–H groups in total. The number of aromatic amines is 2. The third-order valence-electron chi connectivity index (χ3n) is 3.23. The van der Waals surface area contributed by atoms with Crippen molar-refractivity contribution in [1.82, 2.24) is 25.6 Å². The number of aromatic nitrogens is 5. The Morgan fingerprint density at radius 3 is 2.54 bits per heavy atom. The maximum atomic E-state index is 12.4. The quantitative estimate of drug-likeness (QED) is 0.485. The summed E-state index contributed by atoms with van der Waals surface area (Å²) in [6.07, 6.45) is 1.10. The number of ketones is 2. The summed E-state index contributed by atoms with van der Waals surface area (Å²) >= 11 is 0. The molecule has 0 amide bonds. The summed E-state index contributed by atoms with van der Waals surface area (Å²) < 4.78 is 24.9. The Kier molecular flexibility index (Phi) is 4.04. The van der Waals surface area contributed by atoms with Crippen molar-refractivity contribution in [3.8, 4) is 0 Å². The molecule has 0 saturated heterocycles. The number of hydrogen-bond donors (Lipinski definition) is 2. The van der Waals surface area contributed by atoms with Crippen LogP contribution in [0, 0.1) is 0 Å². The van der Waals surface area contributed by atoms with E-state index in [0.717, 1.165) is 0 Å². The van der Waals surface area contributed by atoms with Crippen LogP contribution >= 0.6 is 0 Å². The molecule has 0 radical (unpaired) electrons. The van der Waals surface area contributed by atoms with Crippen molar-refractivity contribution < 1.29 is 18.0 Å². The molecule has 3 rings (SSSR count). The van der Waals surface area contributed by atoms with E-state index in [-0.39, 0.29) is 22.2 Å². The lowest BCUT2D eigenvalue weighted by Gasteiger charge is -2.00. The Labute approximate surface area is 136 Å². The van der Waals surface area contributed by atoms with Gasteiger partial charge in [-0.25, -0.2) is 8.42 Å². The van der Waals surface area contributed by atoms with Gasteiger partial charge in [-0.15, -0.1) is 10.2 Å². The summed E-state index contributed by atoms with van der Waals surface area (Å²) in [7, 11) is -3.71. The SMILES string of the molecule is O=C(Cc1c[nH]c(S(=O)(=O)c2ccccc2)c1)C(=O)c1nn[nH]n1. The molecule has 0 spiro atoms. The van der Waals surface area contributed by atoms with Crippen LogP contribution in [0.4, 0.5) is 0 Å². The fourth-order valence-corrected chi connectivity index (χ4v) is 3.34. The second-order valence-corrected chi connectivity index (χ2v) is 6.77. The Morgan fingerprint density at radius 2 is 1.88 bits per heavy atom. The number of tetrazole rings is 1. The predicted octanol–water partition coefficient (Wildman–Crippen LogP) is 0.355. The number of sulfone groups is 1. The molecule has 0 saturated carbocycles. The first-order valence-electron chi connectivity index (χ1n) is 6.77. The molecule has 0 aliphatic carbocycles. The van der Waals surface area contributed by atoms with Gasteiger partial charge >= 0.3 is 0 Å². The first-order valence-corrected chi connectivity index (χ1v) is 8.25. The molecule has 1 aromatic carbocycles. The van der Waals surface area contributed by atoms with E-state index in [0.29, 0.717) is 5.56 Å². The Morgan fingerprint density at radius 1 is 1.12 bits per heavy atom. The number of rotatable bonds is 6. The van der Waals surface area contributed by atoms with Crippen LogP contribution in [0.15, 0.2) is 52.5 Å². The maximum Gasteiger partial charge on any atom is 0.269 e. The number of Topliss-reactive ketones (excluding diaryl/α,β-unsaturated/α-hetero) is 2. The molecule has 0 unspecified atom stereocenters. The molecule has 3 aromatic rings. The molecule has 24 heavy (non-hydrogen) atoms. The lowest BCUT2D eigenvalue weighted by molar-refractivity contribution is -0.114. The van der Waals surface area contributed by atoms with Gasteiger partial charge in [0.2, 0.25) is 21.4 Å². The van der Waals surface area contributed by atoms with Crippen molar-refractivity contribution >= 4 is 21.4 Å². The Bertz CT molecular complexity index is 977. The monoisotopic (exact) mass is 345 g/mol. The number of benzene rings is 1. The van der Waals surface area contributed by atoms with E-state index in [4.69, 9.17) is 0 Å². The second-order valence-electron chi connectivity index (χ2n) is 4.85. The first-order chi connectivity index (χ1) is 11.5. The minimum Gasteiger partial charge on any atom is -0.352 e. The summed E-state index contributed by atoms with van der Waals surface area (Å²) in [5.41, 5.74) is 0.367. The molecular weight excluding hydrogens is 334 g/mol. The van der Waals surface area contributed by atoms with Crippen molar-refractivity contribution in [1.29, 1.82) is 0 Å². The van der Waals surface area contributed by atoms with Crippen molar-refractivity contribution in [3.05, 3.63) is 54.0 Å². The zero-order valence-corrected chi connectivity index (χ0v) is 12.9. The predicted molar refractivity (Wildman–Crippen MR) is 79.9 cm³/mol. The average molecular weight is 345 g/mol. The maximum absolute atomic E-state index is 12.4. The molecule has 0 aliphatic heterocycles. The van der Waals surface area contributed by atoms with Gasteiger partial charge in [-0.2, -0.15) is 5.21 Å². The normalized spacial score (nSPS) is 11.3. The molecule has 0 aliphatic rings. The van der Waals surface area contributed by atoms with Gasteiger partial charge in [-0.05, 0) is 29.0 Å². The molecule has 9 nitrogen and oxygen atoms in total.